The van der Waals surface area contributed by atoms with Crippen LogP contribution in [0.25, 0.3) is 87.6 Å². The molecule has 230 valence electrons. The largest absolute Gasteiger partial charge is 0.0622 e. The highest BCUT2D eigenvalue weighted by molar-refractivity contribution is 6.24. The molecule has 0 aliphatic heterocycles. The lowest BCUT2D eigenvalue weighted by Gasteiger charge is -2.22. The Hall–Kier alpha value is -5.98. The SMILES string of the molecule is CC1(C)c2ccc(-c3cc(-c4c5ccccc5c(-c5ccccc5)c5ccccc45)c4ccccc4c3)cc2-c2c1ccc1ccccc21. The lowest BCUT2D eigenvalue weighted by atomic mass is 9.81. The molecule has 0 amide bonds. The molecular formula is C49H34. The number of hydrogen-bond acceptors (Lipinski definition) is 0. The van der Waals surface area contributed by atoms with E-state index < -0.39 is 0 Å². The van der Waals surface area contributed by atoms with Crippen molar-refractivity contribution in [2.45, 2.75) is 19.3 Å². The molecule has 0 aromatic heterocycles. The Balaban J connectivity index is 1.27. The highest BCUT2D eigenvalue weighted by atomic mass is 14.4. The van der Waals surface area contributed by atoms with Gasteiger partial charge in [0.1, 0.15) is 0 Å². The number of hydrogen-bond donors (Lipinski definition) is 0. The Morgan fingerprint density at radius 1 is 0.306 bits per heavy atom. The van der Waals surface area contributed by atoms with Crippen molar-refractivity contribution in [2.24, 2.45) is 0 Å². The lowest BCUT2D eigenvalue weighted by molar-refractivity contribution is 0.661. The zero-order valence-electron chi connectivity index (χ0n) is 27.7. The van der Waals surface area contributed by atoms with Gasteiger partial charge in [0.25, 0.3) is 0 Å². The molecule has 9 aromatic rings. The molecule has 0 nitrogen and oxygen atoms in total. The number of rotatable bonds is 3. The summed E-state index contributed by atoms with van der Waals surface area (Å²) in [6.45, 7) is 4.74. The summed E-state index contributed by atoms with van der Waals surface area (Å²) in [7, 11) is 0. The molecule has 0 atom stereocenters. The summed E-state index contributed by atoms with van der Waals surface area (Å²) in [5.74, 6) is 0. The topological polar surface area (TPSA) is 0 Å². The van der Waals surface area contributed by atoms with Crippen LogP contribution in [-0.4, -0.2) is 0 Å². The molecule has 1 aliphatic rings. The van der Waals surface area contributed by atoms with Crippen molar-refractivity contribution in [3.05, 3.63) is 181 Å². The second-order valence-electron chi connectivity index (χ2n) is 14.0. The van der Waals surface area contributed by atoms with Gasteiger partial charge in [-0.3, -0.25) is 0 Å². The van der Waals surface area contributed by atoms with Gasteiger partial charge in [0.2, 0.25) is 0 Å². The van der Waals surface area contributed by atoms with Crippen LogP contribution in [-0.2, 0) is 5.41 Å². The van der Waals surface area contributed by atoms with E-state index in [9.17, 15) is 0 Å². The second-order valence-corrected chi connectivity index (χ2v) is 14.0. The van der Waals surface area contributed by atoms with Crippen LogP contribution in [0.3, 0.4) is 0 Å². The summed E-state index contributed by atoms with van der Waals surface area (Å²) >= 11 is 0. The molecule has 0 heteroatoms. The molecule has 0 fully saturated rings. The minimum atomic E-state index is -0.0555. The van der Waals surface area contributed by atoms with Gasteiger partial charge in [0.15, 0.2) is 0 Å². The summed E-state index contributed by atoms with van der Waals surface area (Å²) in [5, 5.41) is 10.3. The maximum Gasteiger partial charge on any atom is 0.0159 e. The monoisotopic (exact) mass is 622 g/mol. The van der Waals surface area contributed by atoms with Crippen molar-refractivity contribution in [3.8, 4) is 44.5 Å². The average molecular weight is 623 g/mol. The zero-order valence-corrected chi connectivity index (χ0v) is 27.7. The standard InChI is InChI=1S/C49H34/c1-49(2)44-26-25-33(29-43(44)48-37-19-9-6-14-31(37)24-27-45(48)49)35-28-34-17-7-8-18-36(34)42(30-35)47-40-22-12-10-20-38(40)46(32-15-4-3-5-16-32)39-21-11-13-23-41(39)47/h3-30H,1-2H3. The zero-order chi connectivity index (χ0) is 32.7. The van der Waals surface area contributed by atoms with Gasteiger partial charge >= 0.3 is 0 Å². The third-order valence-corrected chi connectivity index (χ3v) is 11.0. The predicted octanol–water partition coefficient (Wildman–Crippen LogP) is 13.6. The highest BCUT2D eigenvalue weighted by Gasteiger charge is 2.36. The number of benzene rings is 9. The molecule has 1 aliphatic carbocycles. The quantitative estimate of drug-likeness (QED) is 0.172. The molecule has 0 N–H and O–H groups in total. The average Bonchev–Trinajstić information content (AvgIpc) is 3.39. The molecule has 0 spiro atoms. The predicted molar refractivity (Wildman–Crippen MR) is 210 cm³/mol. The summed E-state index contributed by atoms with van der Waals surface area (Å²) < 4.78 is 0. The highest BCUT2D eigenvalue weighted by Crippen LogP contribution is 2.53. The fraction of sp³-hybridized carbons (Fsp3) is 0.0612. The van der Waals surface area contributed by atoms with Crippen LogP contribution in [0.15, 0.2) is 170 Å². The van der Waals surface area contributed by atoms with E-state index in [4.69, 9.17) is 0 Å². The molecule has 0 radical (unpaired) electrons. The molecule has 0 heterocycles. The van der Waals surface area contributed by atoms with E-state index in [-0.39, 0.29) is 5.41 Å². The van der Waals surface area contributed by atoms with Gasteiger partial charge in [-0.2, -0.15) is 0 Å². The van der Waals surface area contributed by atoms with Crippen LogP contribution in [0.2, 0.25) is 0 Å². The Bertz CT molecular complexity index is 2720. The van der Waals surface area contributed by atoms with Crippen molar-refractivity contribution in [2.75, 3.05) is 0 Å². The van der Waals surface area contributed by atoms with Gasteiger partial charge < -0.3 is 0 Å². The fourth-order valence-corrected chi connectivity index (χ4v) is 8.72. The molecule has 9 aromatic carbocycles. The van der Waals surface area contributed by atoms with Crippen LogP contribution < -0.4 is 0 Å². The van der Waals surface area contributed by atoms with Crippen LogP contribution in [0.4, 0.5) is 0 Å². The van der Waals surface area contributed by atoms with Crippen LogP contribution in [0.1, 0.15) is 25.0 Å². The molecule has 10 rings (SSSR count). The van der Waals surface area contributed by atoms with E-state index in [1.54, 1.807) is 0 Å². The first-order valence-electron chi connectivity index (χ1n) is 17.3. The van der Waals surface area contributed by atoms with E-state index in [2.05, 4.69) is 184 Å². The van der Waals surface area contributed by atoms with Crippen molar-refractivity contribution in [3.63, 3.8) is 0 Å². The number of fused-ring (bicyclic) bond motifs is 8. The second kappa shape index (κ2) is 10.5. The Morgan fingerprint density at radius 2 is 0.837 bits per heavy atom. The van der Waals surface area contributed by atoms with Crippen molar-refractivity contribution in [1.29, 1.82) is 0 Å². The van der Waals surface area contributed by atoms with Crippen molar-refractivity contribution >= 4 is 43.1 Å². The summed E-state index contributed by atoms with van der Waals surface area (Å²) in [4.78, 5) is 0. The third-order valence-electron chi connectivity index (χ3n) is 11.0. The molecule has 0 saturated carbocycles. The van der Waals surface area contributed by atoms with Crippen molar-refractivity contribution < 1.29 is 0 Å². The fourth-order valence-electron chi connectivity index (χ4n) is 8.72. The maximum atomic E-state index is 2.46. The smallest absolute Gasteiger partial charge is 0.0159 e. The maximum absolute atomic E-state index is 2.46. The van der Waals surface area contributed by atoms with Gasteiger partial charge in [0, 0.05) is 5.41 Å². The summed E-state index contributed by atoms with van der Waals surface area (Å²) in [5.41, 5.74) is 13.1. The first-order valence-corrected chi connectivity index (χ1v) is 17.3. The van der Waals surface area contributed by atoms with E-state index in [0.29, 0.717) is 0 Å². The third kappa shape index (κ3) is 4.11. The lowest BCUT2D eigenvalue weighted by Crippen LogP contribution is -2.14. The molecule has 0 unspecified atom stereocenters. The first kappa shape index (κ1) is 28.1. The van der Waals surface area contributed by atoms with Crippen LogP contribution in [0.5, 0.6) is 0 Å². The molecule has 0 bridgehead atoms. The van der Waals surface area contributed by atoms with Crippen LogP contribution >= 0.6 is 0 Å². The minimum absolute atomic E-state index is 0.0555. The Labute approximate surface area is 286 Å². The molecule has 0 saturated heterocycles. The van der Waals surface area contributed by atoms with Gasteiger partial charge in [-0.05, 0) is 117 Å². The van der Waals surface area contributed by atoms with E-state index in [1.165, 1.54) is 98.7 Å². The van der Waals surface area contributed by atoms with Gasteiger partial charge in [-0.15, -0.1) is 0 Å². The van der Waals surface area contributed by atoms with E-state index >= 15 is 0 Å². The van der Waals surface area contributed by atoms with Crippen LogP contribution in [0, 0.1) is 0 Å². The normalized spacial score (nSPS) is 13.3. The van der Waals surface area contributed by atoms with E-state index in [1.807, 2.05) is 0 Å². The van der Waals surface area contributed by atoms with Gasteiger partial charge in [-0.25, -0.2) is 0 Å². The Kier molecular flexibility index (Phi) is 6.02. The van der Waals surface area contributed by atoms with Gasteiger partial charge in [0.05, 0.1) is 0 Å². The molecular weight excluding hydrogens is 589 g/mol. The van der Waals surface area contributed by atoms with Gasteiger partial charge in [-0.1, -0.05) is 166 Å². The minimum Gasteiger partial charge on any atom is -0.0622 e. The molecule has 49 heavy (non-hydrogen) atoms. The van der Waals surface area contributed by atoms with E-state index in [0.717, 1.165) is 0 Å². The first-order chi connectivity index (χ1) is 24.1. The van der Waals surface area contributed by atoms with Crippen molar-refractivity contribution in [1.82, 2.24) is 0 Å². The summed E-state index contributed by atoms with van der Waals surface area (Å²) in [6, 6.07) is 63.2. The Morgan fingerprint density at radius 3 is 1.53 bits per heavy atom. The summed E-state index contributed by atoms with van der Waals surface area (Å²) in [6.07, 6.45) is 0.